The fourth-order valence-electron chi connectivity index (χ4n) is 1.75. The number of benzene rings is 1. The molecule has 0 N–H and O–H groups in total. The summed E-state index contributed by atoms with van der Waals surface area (Å²) in [5, 5.41) is 0. The number of nitrogens with zero attached hydrogens (tertiary/aromatic N) is 1. The number of carbonyl (C=O) groups excluding carboxylic acids is 1. The van der Waals surface area contributed by atoms with Crippen molar-refractivity contribution in [1.82, 2.24) is 3.97 Å². The number of hydrogen-bond acceptors (Lipinski definition) is 4. The second-order valence-electron chi connectivity index (χ2n) is 4.24. The first-order valence-electron chi connectivity index (χ1n) is 5.91. The first kappa shape index (κ1) is 16.1. The highest BCUT2D eigenvalue weighted by Crippen LogP contribution is 2.38. The van der Waals surface area contributed by atoms with Gasteiger partial charge in [0.1, 0.15) is 5.56 Å². The molecule has 0 saturated heterocycles. The largest absolute Gasteiger partial charge is 0.421 e. The highest BCUT2D eigenvalue weighted by atomic mass is 32.2. The Morgan fingerprint density at radius 3 is 2.23 bits per heavy atom. The van der Waals surface area contributed by atoms with Crippen molar-refractivity contribution >= 4 is 16.0 Å². The molecule has 9 heteroatoms. The van der Waals surface area contributed by atoms with Crippen LogP contribution >= 0.6 is 0 Å². The SMILES string of the molecule is CC(=O)Oc1c(C(F)(F)F)ccn1S(=O)(=O)c1ccccc1. The molecule has 2 aromatic rings. The van der Waals surface area contributed by atoms with E-state index in [9.17, 15) is 26.4 Å². The molecule has 5 nitrogen and oxygen atoms in total. The summed E-state index contributed by atoms with van der Waals surface area (Å²) in [6, 6.07) is 7.39. The third-order valence-electron chi connectivity index (χ3n) is 2.65. The minimum absolute atomic E-state index is 0.229. The summed E-state index contributed by atoms with van der Waals surface area (Å²) in [6.07, 6.45) is -4.16. The van der Waals surface area contributed by atoms with Gasteiger partial charge in [0, 0.05) is 13.1 Å². The van der Waals surface area contributed by atoms with E-state index in [1.54, 1.807) is 6.07 Å². The summed E-state index contributed by atoms with van der Waals surface area (Å²) in [6.45, 7) is 0.882. The molecule has 2 rings (SSSR count). The molecule has 1 aromatic carbocycles. The normalized spacial score (nSPS) is 12.2. The molecule has 1 heterocycles. The molecular weight excluding hydrogens is 323 g/mol. The first-order valence-corrected chi connectivity index (χ1v) is 7.35. The molecule has 0 aliphatic heterocycles. The second kappa shape index (κ2) is 5.48. The Kier molecular flexibility index (Phi) is 4.01. The number of ether oxygens (including phenoxy) is 1. The van der Waals surface area contributed by atoms with Gasteiger partial charge < -0.3 is 4.74 Å². The minimum Gasteiger partial charge on any atom is -0.408 e. The predicted molar refractivity (Wildman–Crippen MR) is 69.8 cm³/mol. The number of aromatic nitrogens is 1. The summed E-state index contributed by atoms with van der Waals surface area (Å²) < 4.78 is 68.2. The molecule has 1 aromatic heterocycles. The van der Waals surface area contributed by atoms with Gasteiger partial charge in [0.15, 0.2) is 0 Å². The first-order chi connectivity index (χ1) is 10.1. The van der Waals surface area contributed by atoms with Crippen LogP contribution in [0.5, 0.6) is 5.88 Å². The van der Waals surface area contributed by atoms with Crippen molar-refractivity contribution < 1.29 is 31.1 Å². The average molecular weight is 333 g/mol. The van der Waals surface area contributed by atoms with Gasteiger partial charge in [0.25, 0.3) is 10.0 Å². The van der Waals surface area contributed by atoms with Crippen LogP contribution in [0.4, 0.5) is 13.2 Å². The van der Waals surface area contributed by atoms with Crippen LogP contribution in [0, 0.1) is 0 Å². The fourth-order valence-corrected chi connectivity index (χ4v) is 3.05. The van der Waals surface area contributed by atoms with Crippen LogP contribution in [0.15, 0.2) is 47.5 Å². The Morgan fingerprint density at radius 2 is 1.73 bits per heavy atom. The zero-order valence-electron chi connectivity index (χ0n) is 11.2. The molecule has 0 aliphatic rings. The predicted octanol–water partition coefficient (Wildman–Crippen LogP) is 2.67. The molecule has 0 spiro atoms. The summed E-state index contributed by atoms with van der Waals surface area (Å²) in [4.78, 5) is 10.8. The van der Waals surface area contributed by atoms with Gasteiger partial charge in [-0.1, -0.05) is 18.2 Å². The number of rotatable bonds is 3. The van der Waals surface area contributed by atoms with E-state index in [1.807, 2.05) is 0 Å². The Morgan fingerprint density at radius 1 is 1.14 bits per heavy atom. The van der Waals surface area contributed by atoms with Gasteiger partial charge in [-0.05, 0) is 18.2 Å². The van der Waals surface area contributed by atoms with E-state index in [0.29, 0.717) is 16.2 Å². The lowest BCUT2D eigenvalue weighted by molar-refractivity contribution is -0.141. The van der Waals surface area contributed by atoms with E-state index < -0.39 is 33.6 Å². The molecule has 0 amide bonds. The monoisotopic (exact) mass is 333 g/mol. The lowest BCUT2D eigenvalue weighted by atomic mass is 10.3. The zero-order valence-corrected chi connectivity index (χ0v) is 12.0. The molecule has 0 saturated carbocycles. The van der Waals surface area contributed by atoms with Crippen molar-refractivity contribution in [2.24, 2.45) is 0 Å². The van der Waals surface area contributed by atoms with Crippen molar-refractivity contribution in [1.29, 1.82) is 0 Å². The van der Waals surface area contributed by atoms with Gasteiger partial charge in [-0.15, -0.1) is 0 Å². The molecule has 0 bridgehead atoms. The van der Waals surface area contributed by atoms with Crippen LogP contribution in [-0.4, -0.2) is 18.4 Å². The lowest BCUT2D eigenvalue weighted by Gasteiger charge is -2.12. The van der Waals surface area contributed by atoms with Gasteiger partial charge in [-0.3, -0.25) is 4.79 Å². The van der Waals surface area contributed by atoms with Crippen molar-refractivity contribution in [3.8, 4) is 5.88 Å². The van der Waals surface area contributed by atoms with Gasteiger partial charge >= 0.3 is 12.1 Å². The summed E-state index contributed by atoms with van der Waals surface area (Å²) >= 11 is 0. The van der Waals surface area contributed by atoms with E-state index >= 15 is 0 Å². The van der Waals surface area contributed by atoms with E-state index in [1.165, 1.54) is 24.3 Å². The summed E-state index contributed by atoms with van der Waals surface area (Å²) in [7, 11) is -4.32. The Hall–Kier alpha value is -2.29. The molecule has 0 aliphatic carbocycles. The Bertz CT molecular complexity index is 794. The quantitative estimate of drug-likeness (QED) is 0.810. The van der Waals surface area contributed by atoms with Crippen LogP contribution < -0.4 is 4.74 Å². The van der Waals surface area contributed by atoms with Crippen molar-refractivity contribution in [3.05, 3.63) is 48.2 Å². The maximum absolute atomic E-state index is 12.9. The third-order valence-corrected chi connectivity index (χ3v) is 4.33. The number of halogens is 3. The van der Waals surface area contributed by atoms with E-state index in [2.05, 4.69) is 4.74 Å². The van der Waals surface area contributed by atoms with Gasteiger partial charge in [0.05, 0.1) is 4.90 Å². The van der Waals surface area contributed by atoms with Crippen LogP contribution in [0.2, 0.25) is 0 Å². The molecule has 0 unspecified atom stereocenters. The molecule has 0 fully saturated rings. The molecular formula is C13H10F3NO4S. The van der Waals surface area contributed by atoms with Gasteiger partial charge in [-0.25, -0.2) is 12.4 Å². The topological polar surface area (TPSA) is 65.4 Å². The molecule has 22 heavy (non-hydrogen) atoms. The Labute approximate surface area is 124 Å². The number of esters is 1. The van der Waals surface area contributed by atoms with Crippen LogP contribution in [0.3, 0.4) is 0 Å². The highest BCUT2D eigenvalue weighted by Gasteiger charge is 2.39. The molecule has 118 valence electrons. The number of hydrogen-bond donors (Lipinski definition) is 0. The van der Waals surface area contributed by atoms with E-state index in [0.717, 1.165) is 6.92 Å². The second-order valence-corrected chi connectivity index (χ2v) is 6.05. The maximum atomic E-state index is 12.9. The molecule has 0 atom stereocenters. The van der Waals surface area contributed by atoms with E-state index in [4.69, 9.17) is 0 Å². The summed E-state index contributed by atoms with van der Waals surface area (Å²) in [5.41, 5.74) is -1.35. The van der Waals surface area contributed by atoms with Crippen molar-refractivity contribution in [3.63, 3.8) is 0 Å². The van der Waals surface area contributed by atoms with Crippen molar-refractivity contribution in [2.75, 3.05) is 0 Å². The maximum Gasteiger partial charge on any atom is 0.421 e. The smallest absolute Gasteiger partial charge is 0.408 e. The van der Waals surface area contributed by atoms with E-state index in [-0.39, 0.29) is 4.90 Å². The Balaban J connectivity index is 2.66. The minimum atomic E-state index is -4.86. The third kappa shape index (κ3) is 2.98. The fraction of sp³-hybridized carbons (Fsp3) is 0.154. The average Bonchev–Trinajstić information content (AvgIpc) is 2.83. The van der Waals surface area contributed by atoms with Crippen LogP contribution in [0.1, 0.15) is 12.5 Å². The lowest BCUT2D eigenvalue weighted by Crippen LogP contribution is -2.18. The molecule has 0 radical (unpaired) electrons. The van der Waals surface area contributed by atoms with Crippen molar-refractivity contribution in [2.45, 2.75) is 18.0 Å². The number of alkyl halides is 3. The van der Waals surface area contributed by atoms with Crippen LogP contribution in [-0.2, 0) is 21.0 Å². The van der Waals surface area contributed by atoms with Gasteiger partial charge in [0.2, 0.25) is 5.88 Å². The number of carbonyl (C=O) groups is 1. The van der Waals surface area contributed by atoms with Gasteiger partial charge in [-0.2, -0.15) is 13.2 Å². The highest BCUT2D eigenvalue weighted by molar-refractivity contribution is 7.90. The summed E-state index contributed by atoms with van der Waals surface area (Å²) in [5.74, 6) is -2.14. The zero-order chi connectivity index (χ0) is 16.5. The standard InChI is InChI=1S/C13H10F3NO4S/c1-9(18)21-12-11(13(14,15)16)7-8-17(12)22(19,20)10-5-3-2-4-6-10/h2-8H,1H3. The van der Waals surface area contributed by atoms with Crippen LogP contribution in [0.25, 0.3) is 0 Å².